The third kappa shape index (κ3) is 6.69. The summed E-state index contributed by atoms with van der Waals surface area (Å²) in [5.74, 6) is 0.686. The molecule has 0 spiro atoms. The molecule has 0 bridgehead atoms. The Morgan fingerprint density at radius 2 is 1.76 bits per heavy atom. The predicted octanol–water partition coefficient (Wildman–Crippen LogP) is 3.08. The van der Waals surface area contributed by atoms with Crippen LogP contribution in [0, 0.1) is 0 Å². The van der Waals surface area contributed by atoms with Gasteiger partial charge in [-0.25, -0.2) is 8.42 Å². The van der Waals surface area contributed by atoms with E-state index in [2.05, 4.69) is 53.7 Å². The zero-order valence-electron chi connectivity index (χ0n) is 16.4. The van der Waals surface area contributed by atoms with Gasteiger partial charge in [0.25, 0.3) is 0 Å². The molecule has 5 nitrogen and oxygen atoms in total. The minimum atomic E-state index is -3.16. The summed E-state index contributed by atoms with van der Waals surface area (Å²) in [6.07, 6.45) is 1.02. The highest BCUT2D eigenvalue weighted by molar-refractivity contribution is 7.92. The van der Waals surface area contributed by atoms with Crippen LogP contribution in [-0.4, -0.2) is 38.0 Å². The Hall–Kier alpha value is -1.56. The highest BCUT2D eigenvalue weighted by Crippen LogP contribution is 2.16. The summed E-state index contributed by atoms with van der Waals surface area (Å²) in [5.41, 5.74) is 2.48. The second-order valence-corrected chi connectivity index (χ2v) is 10.0. The normalized spacial score (nSPS) is 14.2. The lowest BCUT2D eigenvalue weighted by molar-refractivity contribution is 0.560. The third-order valence-electron chi connectivity index (χ3n) is 4.15. The molecule has 0 saturated carbocycles. The molecule has 142 valence electrons. The number of hydrogen-bond acceptors (Lipinski definition) is 3. The molecule has 2 N–H and O–H groups in total. The van der Waals surface area contributed by atoms with Crippen molar-refractivity contribution in [2.24, 2.45) is 4.99 Å². The van der Waals surface area contributed by atoms with Gasteiger partial charge in [-0.2, -0.15) is 0 Å². The van der Waals surface area contributed by atoms with Crippen molar-refractivity contribution in [3.8, 4) is 0 Å². The molecule has 1 aromatic rings. The fourth-order valence-electron chi connectivity index (χ4n) is 2.23. The summed E-state index contributed by atoms with van der Waals surface area (Å²) in [6, 6.07) is 8.58. The lowest BCUT2D eigenvalue weighted by atomic mass is 10.1. The van der Waals surface area contributed by atoms with Crippen molar-refractivity contribution >= 4 is 15.8 Å². The minimum Gasteiger partial charge on any atom is -0.357 e. The van der Waals surface area contributed by atoms with E-state index in [1.165, 1.54) is 11.1 Å². The predicted molar refractivity (Wildman–Crippen MR) is 107 cm³/mol. The quantitative estimate of drug-likeness (QED) is 0.574. The molecule has 25 heavy (non-hydrogen) atoms. The molecule has 0 aliphatic carbocycles. The van der Waals surface area contributed by atoms with Gasteiger partial charge in [0.05, 0.1) is 23.1 Å². The molecular formula is C19H33N3O2S. The Kier molecular flexibility index (Phi) is 7.93. The zero-order valence-corrected chi connectivity index (χ0v) is 17.2. The second kappa shape index (κ2) is 9.22. The van der Waals surface area contributed by atoms with Crippen LogP contribution in [0.5, 0.6) is 0 Å². The Morgan fingerprint density at radius 1 is 1.16 bits per heavy atom. The van der Waals surface area contributed by atoms with Crippen molar-refractivity contribution < 1.29 is 8.42 Å². The van der Waals surface area contributed by atoms with E-state index < -0.39 is 14.6 Å². The lowest BCUT2D eigenvalue weighted by Crippen LogP contribution is -2.39. The van der Waals surface area contributed by atoms with Crippen LogP contribution in [0.4, 0.5) is 0 Å². The highest BCUT2D eigenvalue weighted by atomic mass is 32.2. The van der Waals surface area contributed by atoms with E-state index in [9.17, 15) is 8.42 Å². The van der Waals surface area contributed by atoms with Gasteiger partial charge >= 0.3 is 0 Å². The van der Waals surface area contributed by atoms with Gasteiger partial charge in [0.1, 0.15) is 0 Å². The first-order valence-electron chi connectivity index (χ1n) is 8.96. The summed E-state index contributed by atoms with van der Waals surface area (Å²) in [5, 5.41) is 6.52. The standard InChI is InChI=1S/C19H33N3O2S/c1-7-16-9-11-17(12-10-16)15(3)22-18(20-8-2)21-13-14-25(23,24)19(4,5)6/h9-12,15H,7-8,13-14H2,1-6H3,(H2,20,21,22). The van der Waals surface area contributed by atoms with Crippen LogP contribution < -0.4 is 10.6 Å². The number of nitrogens with zero attached hydrogens (tertiary/aromatic N) is 1. The minimum absolute atomic E-state index is 0.0483. The van der Waals surface area contributed by atoms with Gasteiger partial charge in [0.15, 0.2) is 15.8 Å². The Balaban J connectivity index is 2.75. The molecular weight excluding hydrogens is 334 g/mol. The number of rotatable bonds is 7. The third-order valence-corrected chi connectivity index (χ3v) is 6.73. The number of benzene rings is 1. The molecule has 0 aliphatic rings. The number of hydrogen-bond donors (Lipinski definition) is 2. The van der Waals surface area contributed by atoms with Gasteiger partial charge in [-0.15, -0.1) is 0 Å². The van der Waals surface area contributed by atoms with Crippen LogP contribution in [0.25, 0.3) is 0 Å². The van der Waals surface area contributed by atoms with E-state index in [4.69, 9.17) is 0 Å². The smallest absolute Gasteiger partial charge is 0.191 e. The van der Waals surface area contributed by atoms with Crippen molar-refractivity contribution in [3.05, 3.63) is 35.4 Å². The molecule has 1 atom stereocenters. The lowest BCUT2D eigenvalue weighted by Gasteiger charge is -2.20. The summed E-state index contributed by atoms with van der Waals surface area (Å²) < 4.78 is 23.6. The molecule has 0 aliphatic heterocycles. The van der Waals surface area contributed by atoms with Gasteiger partial charge < -0.3 is 10.6 Å². The van der Waals surface area contributed by atoms with Crippen LogP contribution in [0.15, 0.2) is 29.3 Å². The molecule has 1 aromatic carbocycles. The topological polar surface area (TPSA) is 70.6 Å². The van der Waals surface area contributed by atoms with Crippen molar-refractivity contribution in [2.45, 2.75) is 58.8 Å². The molecule has 0 amide bonds. The fraction of sp³-hybridized carbons (Fsp3) is 0.632. The largest absolute Gasteiger partial charge is 0.357 e. The maximum Gasteiger partial charge on any atom is 0.191 e. The molecule has 0 heterocycles. The van der Waals surface area contributed by atoms with Gasteiger partial charge in [0.2, 0.25) is 0 Å². The SMILES string of the molecule is CCNC(=NCCS(=O)(=O)C(C)(C)C)NC(C)c1ccc(CC)cc1. The molecule has 1 rings (SSSR count). The van der Waals surface area contributed by atoms with Gasteiger partial charge in [0, 0.05) is 6.54 Å². The van der Waals surface area contributed by atoms with Crippen LogP contribution in [-0.2, 0) is 16.3 Å². The fourth-order valence-corrected chi connectivity index (χ4v) is 3.18. The van der Waals surface area contributed by atoms with Crippen molar-refractivity contribution in [3.63, 3.8) is 0 Å². The first kappa shape index (κ1) is 21.5. The number of guanidine groups is 1. The van der Waals surface area contributed by atoms with E-state index >= 15 is 0 Å². The molecule has 0 saturated heterocycles. The van der Waals surface area contributed by atoms with Crippen LogP contribution in [0.2, 0.25) is 0 Å². The maximum absolute atomic E-state index is 12.2. The molecule has 1 unspecified atom stereocenters. The number of sulfone groups is 1. The Morgan fingerprint density at radius 3 is 2.24 bits per heavy atom. The van der Waals surface area contributed by atoms with E-state index in [1.54, 1.807) is 20.8 Å². The van der Waals surface area contributed by atoms with E-state index in [0.717, 1.165) is 13.0 Å². The molecule has 0 radical (unpaired) electrons. The highest BCUT2D eigenvalue weighted by Gasteiger charge is 2.28. The van der Waals surface area contributed by atoms with E-state index in [0.29, 0.717) is 5.96 Å². The van der Waals surface area contributed by atoms with Crippen LogP contribution in [0.3, 0.4) is 0 Å². The van der Waals surface area contributed by atoms with Gasteiger partial charge in [-0.3, -0.25) is 4.99 Å². The first-order valence-corrected chi connectivity index (χ1v) is 10.6. The van der Waals surface area contributed by atoms with Crippen LogP contribution >= 0.6 is 0 Å². The molecule has 0 aromatic heterocycles. The zero-order chi connectivity index (χ0) is 19.1. The van der Waals surface area contributed by atoms with Crippen LogP contribution in [0.1, 0.15) is 58.7 Å². The van der Waals surface area contributed by atoms with E-state index in [-0.39, 0.29) is 18.3 Å². The Bertz CT molecular complexity index is 659. The molecule has 0 fully saturated rings. The summed E-state index contributed by atoms with van der Waals surface area (Å²) in [4.78, 5) is 4.43. The summed E-state index contributed by atoms with van der Waals surface area (Å²) >= 11 is 0. The average molecular weight is 368 g/mol. The number of aliphatic imine (C=N–C) groups is 1. The average Bonchev–Trinajstić information content (AvgIpc) is 2.53. The van der Waals surface area contributed by atoms with Crippen molar-refractivity contribution in [1.82, 2.24) is 10.6 Å². The molecule has 6 heteroatoms. The van der Waals surface area contributed by atoms with Gasteiger partial charge in [-0.05, 0) is 52.2 Å². The van der Waals surface area contributed by atoms with Crippen molar-refractivity contribution in [2.75, 3.05) is 18.8 Å². The summed E-state index contributed by atoms with van der Waals surface area (Å²) in [7, 11) is -3.16. The van der Waals surface area contributed by atoms with E-state index in [1.807, 2.05) is 6.92 Å². The maximum atomic E-state index is 12.2. The number of nitrogens with one attached hydrogen (secondary N) is 2. The van der Waals surface area contributed by atoms with Gasteiger partial charge in [-0.1, -0.05) is 31.2 Å². The van der Waals surface area contributed by atoms with Crippen molar-refractivity contribution in [1.29, 1.82) is 0 Å². The monoisotopic (exact) mass is 367 g/mol. The second-order valence-electron chi connectivity index (χ2n) is 7.15. The first-order chi connectivity index (χ1) is 11.6. The number of aryl methyl sites for hydroxylation is 1. The Labute approximate surface area is 153 Å². The summed E-state index contributed by atoms with van der Waals surface area (Å²) in [6.45, 7) is 12.3.